The van der Waals surface area contributed by atoms with Gasteiger partial charge in [-0.1, -0.05) is 11.8 Å². The average Bonchev–Trinajstić information content (AvgIpc) is 2.56. The minimum atomic E-state index is -4.96. The van der Waals surface area contributed by atoms with Crippen LogP contribution in [0.4, 0.5) is 18.9 Å². The standard InChI is InChI=1S/C16H18F3N3O3/c17-16(18,19)15(25)21-8-2-3-11-5-6-13(9-12(11)10-23)22-14(24)4-1-7-20/h5-6,9,23H,1,4,7-8,10,20H2,(H,21,25)(H,22,24). The van der Waals surface area contributed by atoms with Crippen LogP contribution in [0.1, 0.15) is 24.0 Å². The minimum Gasteiger partial charge on any atom is -0.392 e. The number of nitrogens with two attached hydrogens (primary N) is 1. The zero-order chi connectivity index (χ0) is 18.9. The molecule has 5 N–H and O–H groups in total. The average molecular weight is 357 g/mol. The second-order valence-electron chi connectivity index (χ2n) is 4.95. The first-order chi connectivity index (χ1) is 11.8. The number of halogens is 3. The van der Waals surface area contributed by atoms with E-state index in [1.54, 1.807) is 11.4 Å². The Morgan fingerprint density at radius 2 is 2.00 bits per heavy atom. The number of hydrogen-bond donors (Lipinski definition) is 4. The summed E-state index contributed by atoms with van der Waals surface area (Å²) in [4.78, 5) is 22.3. The Kier molecular flexibility index (Phi) is 7.91. The molecule has 0 bridgehead atoms. The molecule has 25 heavy (non-hydrogen) atoms. The van der Waals surface area contributed by atoms with Crippen molar-refractivity contribution in [3.05, 3.63) is 29.3 Å². The lowest BCUT2D eigenvalue weighted by atomic mass is 10.1. The molecule has 1 rings (SSSR count). The van der Waals surface area contributed by atoms with Crippen LogP contribution in [0, 0.1) is 11.8 Å². The Labute approximate surface area is 142 Å². The quantitative estimate of drug-likeness (QED) is 0.568. The number of hydrogen-bond acceptors (Lipinski definition) is 4. The number of anilines is 1. The molecular formula is C16H18F3N3O3. The molecule has 0 radical (unpaired) electrons. The van der Waals surface area contributed by atoms with Crippen molar-refractivity contribution in [1.29, 1.82) is 0 Å². The maximum Gasteiger partial charge on any atom is 0.471 e. The van der Waals surface area contributed by atoms with Gasteiger partial charge in [0.15, 0.2) is 0 Å². The van der Waals surface area contributed by atoms with E-state index in [1.165, 1.54) is 12.1 Å². The van der Waals surface area contributed by atoms with Crippen molar-refractivity contribution >= 4 is 17.5 Å². The summed E-state index contributed by atoms with van der Waals surface area (Å²) in [6.07, 6.45) is -4.14. The van der Waals surface area contributed by atoms with Crippen molar-refractivity contribution in [2.24, 2.45) is 5.73 Å². The van der Waals surface area contributed by atoms with E-state index < -0.39 is 18.6 Å². The lowest BCUT2D eigenvalue weighted by Crippen LogP contribution is -2.36. The highest BCUT2D eigenvalue weighted by molar-refractivity contribution is 5.90. The van der Waals surface area contributed by atoms with E-state index >= 15 is 0 Å². The predicted molar refractivity (Wildman–Crippen MR) is 85.2 cm³/mol. The molecule has 136 valence electrons. The van der Waals surface area contributed by atoms with Gasteiger partial charge in [0.1, 0.15) is 0 Å². The SMILES string of the molecule is NCCCC(=O)Nc1ccc(C#CCNC(=O)C(F)(F)F)c(CO)c1. The molecule has 0 aliphatic heterocycles. The summed E-state index contributed by atoms with van der Waals surface area (Å²) < 4.78 is 36.0. The van der Waals surface area contributed by atoms with Crippen LogP contribution in [-0.2, 0) is 16.2 Å². The molecule has 0 aliphatic rings. The second-order valence-corrected chi connectivity index (χ2v) is 4.95. The first kappa shape index (κ1) is 20.5. The number of carbonyl (C=O) groups excluding carboxylic acids is 2. The van der Waals surface area contributed by atoms with Crippen molar-refractivity contribution in [1.82, 2.24) is 5.32 Å². The van der Waals surface area contributed by atoms with Crippen molar-refractivity contribution < 1.29 is 27.9 Å². The molecule has 0 aliphatic carbocycles. The molecule has 0 unspecified atom stereocenters. The van der Waals surface area contributed by atoms with Gasteiger partial charge in [-0.05, 0) is 36.7 Å². The molecule has 1 aromatic carbocycles. The number of aliphatic hydroxyl groups excluding tert-OH is 1. The Balaban J connectivity index is 2.71. The lowest BCUT2D eigenvalue weighted by molar-refractivity contribution is -0.173. The molecule has 0 heterocycles. The molecule has 9 heteroatoms. The maximum atomic E-state index is 12.0. The van der Waals surface area contributed by atoms with E-state index in [2.05, 4.69) is 17.2 Å². The van der Waals surface area contributed by atoms with Crippen LogP contribution in [-0.4, -0.2) is 36.2 Å². The number of amides is 2. The molecule has 0 saturated carbocycles. The number of benzene rings is 1. The van der Waals surface area contributed by atoms with Crippen molar-refractivity contribution in [2.75, 3.05) is 18.4 Å². The van der Waals surface area contributed by atoms with Crippen LogP contribution < -0.4 is 16.4 Å². The summed E-state index contributed by atoms with van der Waals surface area (Å²) in [6.45, 7) is -0.457. The van der Waals surface area contributed by atoms with Crippen LogP contribution in [0.5, 0.6) is 0 Å². The first-order valence-electron chi connectivity index (χ1n) is 7.35. The van der Waals surface area contributed by atoms with Crippen molar-refractivity contribution in [2.45, 2.75) is 25.6 Å². The molecule has 0 spiro atoms. The highest BCUT2D eigenvalue weighted by Crippen LogP contribution is 2.16. The Hall–Kier alpha value is -2.57. The summed E-state index contributed by atoms with van der Waals surface area (Å²) in [5, 5.41) is 13.6. The third-order valence-electron chi connectivity index (χ3n) is 2.99. The van der Waals surface area contributed by atoms with E-state index in [4.69, 9.17) is 5.73 Å². The van der Waals surface area contributed by atoms with Gasteiger partial charge in [-0.25, -0.2) is 0 Å². The highest BCUT2D eigenvalue weighted by atomic mass is 19.4. The van der Waals surface area contributed by atoms with Gasteiger partial charge in [0.25, 0.3) is 0 Å². The van der Waals surface area contributed by atoms with Gasteiger partial charge in [-0.15, -0.1) is 0 Å². The van der Waals surface area contributed by atoms with E-state index in [-0.39, 0.29) is 18.9 Å². The van der Waals surface area contributed by atoms with Crippen molar-refractivity contribution in [3.8, 4) is 11.8 Å². The van der Waals surface area contributed by atoms with E-state index in [0.717, 1.165) is 0 Å². The smallest absolute Gasteiger partial charge is 0.392 e. The fourth-order valence-electron chi connectivity index (χ4n) is 1.77. The number of nitrogens with one attached hydrogen (secondary N) is 2. The van der Waals surface area contributed by atoms with Crippen LogP contribution in [0.3, 0.4) is 0 Å². The zero-order valence-corrected chi connectivity index (χ0v) is 13.2. The van der Waals surface area contributed by atoms with E-state index in [1.807, 2.05) is 0 Å². The van der Waals surface area contributed by atoms with Crippen LogP contribution in [0.25, 0.3) is 0 Å². The number of carbonyl (C=O) groups is 2. The summed E-state index contributed by atoms with van der Waals surface area (Å²) in [5.41, 5.74) is 6.55. The largest absolute Gasteiger partial charge is 0.471 e. The topological polar surface area (TPSA) is 104 Å². The van der Waals surface area contributed by atoms with Crippen LogP contribution in [0.15, 0.2) is 18.2 Å². The zero-order valence-electron chi connectivity index (χ0n) is 13.2. The van der Waals surface area contributed by atoms with Gasteiger partial charge < -0.3 is 21.5 Å². The predicted octanol–water partition coefficient (Wildman–Crippen LogP) is 0.886. The van der Waals surface area contributed by atoms with E-state index in [9.17, 15) is 27.9 Å². The third-order valence-corrected chi connectivity index (χ3v) is 2.99. The number of rotatable bonds is 6. The molecule has 0 fully saturated rings. The van der Waals surface area contributed by atoms with Crippen LogP contribution >= 0.6 is 0 Å². The molecule has 0 aromatic heterocycles. The van der Waals surface area contributed by atoms with Gasteiger partial charge in [0.05, 0.1) is 13.2 Å². The summed E-state index contributed by atoms with van der Waals surface area (Å²) in [7, 11) is 0. The summed E-state index contributed by atoms with van der Waals surface area (Å²) in [6, 6.07) is 4.58. The molecule has 1 aromatic rings. The Morgan fingerprint density at radius 1 is 1.28 bits per heavy atom. The van der Waals surface area contributed by atoms with Gasteiger partial charge in [-0.3, -0.25) is 9.59 Å². The molecule has 2 amide bonds. The highest BCUT2D eigenvalue weighted by Gasteiger charge is 2.38. The first-order valence-corrected chi connectivity index (χ1v) is 7.35. The minimum absolute atomic E-state index is 0.219. The van der Waals surface area contributed by atoms with Gasteiger partial charge in [0.2, 0.25) is 5.91 Å². The third kappa shape index (κ3) is 7.24. The number of alkyl halides is 3. The Morgan fingerprint density at radius 3 is 2.60 bits per heavy atom. The van der Waals surface area contributed by atoms with Gasteiger partial charge in [0, 0.05) is 17.7 Å². The molecule has 6 nitrogen and oxygen atoms in total. The second kappa shape index (κ2) is 9.66. The molecule has 0 saturated heterocycles. The monoisotopic (exact) mass is 357 g/mol. The van der Waals surface area contributed by atoms with Gasteiger partial charge in [-0.2, -0.15) is 13.2 Å². The normalized spacial score (nSPS) is 10.6. The Bertz CT molecular complexity index is 679. The molecular weight excluding hydrogens is 339 g/mol. The fraction of sp³-hybridized carbons (Fsp3) is 0.375. The molecule has 0 atom stereocenters. The van der Waals surface area contributed by atoms with E-state index in [0.29, 0.717) is 29.8 Å². The van der Waals surface area contributed by atoms with Crippen molar-refractivity contribution in [3.63, 3.8) is 0 Å². The lowest BCUT2D eigenvalue weighted by Gasteiger charge is -2.08. The summed E-state index contributed by atoms with van der Waals surface area (Å²) >= 11 is 0. The maximum absolute atomic E-state index is 12.0. The summed E-state index contributed by atoms with van der Waals surface area (Å²) in [5.74, 6) is 2.65. The fourth-order valence-corrected chi connectivity index (χ4v) is 1.77. The van der Waals surface area contributed by atoms with Gasteiger partial charge >= 0.3 is 12.1 Å². The number of aliphatic hydroxyl groups is 1. The van der Waals surface area contributed by atoms with Crippen LogP contribution in [0.2, 0.25) is 0 Å².